The maximum atomic E-state index is 13.7. The van der Waals surface area contributed by atoms with Gasteiger partial charge in [-0.05, 0) is 49.4 Å². The van der Waals surface area contributed by atoms with Gasteiger partial charge in [0.25, 0.3) is 0 Å². The predicted octanol–water partition coefficient (Wildman–Crippen LogP) is 3.29. The Morgan fingerprint density at radius 2 is 2.24 bits per heavy atom. The third-order valence-electron chi connectivity index (χ3n) is 3.24. The summed E-state index contributed by atoms with van der Waals surface area (Å²) < 4.78 is 18.6. The van der Waals surface area contributed by atoms with Crippen LogP contribution in [-0.4, -0.2) is 13.7 Å². The second kappa shape index (κ2) is 5.50. The van der Waals surface area contributed by atoms with Gasteiger partial charge in [0.15, 0.2) is 11.6 Å². The van der Waals surface area contributed by atoms with Crippen LogP contribution in [0.5, 0.6) is 5.75 Å². The Hall–Kier alpha value is -1.09. The SMILES string of the molecule is CCCNC(c1ccc(OC)c(F)c1)C1CC1. The van der Waals surface area contributed by atoms with Crippen molar-refractivity contribution in [3.8, 4) is 5.75 Å². The van der Waals surface area contributed by atoms with E-state index in [0.717, 1.165) is 18.5 Å². The van der Waals surface area contributed by atoms with Gasteiger partial charge in [-0.25, -0.2) is 4.39 Å². The van der Waals surface area contributed by atoms with Crippen LogP contribution in [0.15, 0.2) is 18.2 Å². The summed E-state index contributed by atoms with van der Waals surface area (Å²) in [5.74, 6) is 0.724. The van der Waals surface area contributed by atoms with Crippen molar-refractivity contribution < 1.29 is 9.13 Å². The minimum atomic E-state index is -0.269. The first-order valence-corrected chi connectivity index (χ1v) is 6.33. The van der Waals surface area contributed by atoms with Gasteiger partial charge in [0.2, 0.25) is 0 Å². The zero-order valence-corrected chi connectivity index (χ0v) is 10.5. The van der Waals surface area contributed by atoms with Crippen LogP contribution in [0.25, 0.3) is 0 Å². The molecule has 1 atom stereocenters. The maximum absolute atomic E-state index is 13.7. The lowest BCUT2D eigenvalue weighted by atomic mass is 10.0. The van der Waals surface area contributed by atoms with Crippen molar-refractivity contribution in [2.75, 3.05) is 13.7 Å². The van der Waals surface area contributed by atoms with Gasteiger partial charge in [-0.3, -0.25) is 0 Å². The largest absolute Gasteiger partial charge is 0.494 e. The highest BCUT2D eigenvalue weighted by molar-refractivity contribution is 5.31. The lowest BCUT2D eigenvalue weighted by Crippen LogP contribution is -2.23. The molecule has 17 heavy (non-hydrogen) atoms. The van der Waals surface area contributed by atoms with Crippen molar-refractivity contribution in [2.24, 2.45) is 5.92 Å². The summed E-state index contributed by atoms with van der Waals surface area (Å²) in [7, 11) is 1.49. The highest BCUT2D eigenvalue weighted by atomic mass is 19.1. The number of rotatable bonds is 6. The normalized spacial score (nSPS) is 16.9. The molecule has 1 aromatic rings. The fourth-order valence-electron chi connectivity index (χ4n) is 2.16. The minimum Gasteiger partial charge on any atom is -0.494 e. The molecule has 2 rings (SSSR count). The van der Waals surface area contributed by atoms with Crippen LogP contribution < -0.4 is 10.1 Å². The van der Waals surface area contributed by atoms with Crippen LogP contribution >= 0.6 is 0 Å². The number of nitrogens with one attached hydrogen (secondary N) is 1. The molecule has 94 valence electrons. The molecule has 0 saturated heterocycles. The van der Waals surface area contributed by atoms with Crippen molar-refractivity contribution in [1.29, 1.82) is 0 Å². The third-order valence-corrected chi connectivity index (χ3v) is 3.24. The molecule has 1 aliphatic rings. The molecule has 1 fully saturated rings. The molecule has 1 saturated carbocycles. The molecule has 1 unspecified atom stereocenters. The number of methoxy groups -OCH3 is 1. The van der Waals surface area contributed by atoms with Gasteiger partial charge in [-0.15, -0.1) is 0 Å². The number of hydrogen-bond donors (Lipinski definition) is 1. The van der Waals surface area contributed by atoms with Crippen LogP contribution in [-0.2, 0) is 0 Å². The Labute approximate surface area is 102 Å². The second-order valence-electron chi connectivity index (χ2n) is 4.66. The molecule has 1 aliphatic carbocycles. The highest BCUT2D eigenvalue weighted by Crippen LogP contribution is 2.41. The molecule has 1 N–H and O–H groups in total. The van der Waals surface area contributed by atoms with Crippen LogP contribution in [0.4, 0.5) is 4.39 Å². The quantitative estimate of drug-likeness (QED) is 0.819. The first-order valence-electron chi connectivity index (χ1n) is 6.33. The summed E-state index contributed by atoms with van der Waals surface area (Å²) >= 11 is 0. The lowest BCUT2D eigenvalue weighted by molar-refractivity contribution is 0.384. The first kappa shape index (κ1) is 12.4. The number of hydrogen-bond acceptors (Lipinski definition) is 2. The van der Waals surface area contributed by atoms with Crippen LogP contribution in [0.2, 0.25) is 0 Å². The van der Waals surface area contributed by atoms with E-state index in [9.17, 15) is 4.39 Å². The van der Waals surface area contributed by atoms with Crippen LogP contribution in [0.3, 0.4) is 0 Å². The molecular formula is C14H20FNO. The molecule has 0 spiro atoms. The van der Waals surface area contributed by atoms with E-state index in [0.29, 0.717) is 17.7 Å². The monoisotopic (exact) mass is 237 g/mol. The standard InChI is InChI=1S/C14H20FNO/c1-3-8-16-14(10-4-5-10)11-6-7-13(17-2)12(15)9-11/h6-7,9-10,14,16H,3-5,8H2,1-2H3. The summed E-state index contributed by atoms with van der Waals surface area (Å²) in [6.07, 6.45) is 3.59. The first-order chi connectivity index (χ1) is 8.26. The predicted molar refractivity (Wildman–Crippen MR) is 66.7 cm³/mol. The van der Waals surface area contributed by atoms with Gasteiger partial charge in [0.1, 0.15) is 0 Å². The van der Waals surface area contributed by atoms with Gasteiger partial charge in [0, 0.05) is 6.04 Å². The molecule has 3 heteroatoms. The van der Waals surface area contributed by atoms with Crippen molar-refractivity contribution in [2.45, 2.75) is 32.2 Å². The molecule has 0 bridgehead atoms. The van der Waals surface area contributed by atoms with E-state index in [1.807, 2.05) is 6.07 Å². The molecule has 0 heterocycles. The molecule has 0 radical (unpaired) electrons. The average molecular weight is 237 g/mol. The Balaban J connectivity index is 2.14. The van der Waals surface area contributed by atoms with E-state index < -0.39 is 0 Å². The van der Waals surface area contributed by atoms with Crippen LogP contribution in [0.1, 0.15) is 37.8 Å². The zero-order chi connectivity index (χ0) is 12.3. The summed E-state index contributed by atoms with van der Waals surface area (Å²) in [5, 5.41) is 3.50. The van der Waals surface area contributed by atoms with E-state index in [2.05, 4.69) is 12.2 Å². The summed E-state index contributed by atoms with van der Waals surface area (Å²) in [5.41, 5.74) is 1.04. The average Bonchev–Trinajstić information content (AvgIpc) is 3.14. The van der Waals surface area contributed by atoms with Gasteiger partial charge < -0.3 is 10.1 Å². The minimum absolute atomic E-state index is 0.269. The lowest BCUT2D eigenvalue weighted by Gasteiger charge is -2.19. The Kier molecular flexibility index (Phi) is 4.00. The maximum Gasteiger partial charge on any atom is 0.165 e. The summed E-state index contributed by atoms with van der Waals surface area (Å²) in [4.78, 5) is 0. The van der Waals surface area contributed by atoms with Crippen molar-refractivity contribution >= 4 is 0 Å². The summed E-state index contributed by atoms with van der Waals surface area (Å²) in [6.45, 7) is 3.13. The molecule has 0 amide bonds. The molecule has 0 aliphatic heterocycles. The zero-order valence-electron chi connectivity index (χ0n) is 10.5. The topological polar surface area (TPSA) is 21.3 Å². The summed E-state index contributed by atoms with van der Waals surface area (Å²) in [6, 6.07) is 5.58. The van der Waals surface area contributed by atoms with E-state index in [1.165, 1.54) is 20.0 Å². The van der Waals surface area contributed by atoms with Gasteiger partial charge in [0.05, 0.1) is 7.11 Å². The fraction of sp³-hybridized carbons (Fsp3) is 0.571. The molecule has 0 aromatic heterocycles. The highest BCUT2D eigenvalue weighted by Gasteiger charge is 2.32. The van der Waals surface area contributed by atoms with Gasteiger partial charge >= 0.3 is 0 Å². The van der Waals surface area contributed by atoms with Crippen molar-refractivity contribution in [3.05, 3.63) is 29.6 Å². The number of ether oxygens (including phenoxy) is 1. The Morgan fingerprint density at radius 1 is 1.47 bits per heavy atom. The van der Waals surface area contributed by atoms with E-state index in [4.69, 9.17) is 4.74 Å². The fourth-order valence-corrected chi connectivity index (χ4v) is 2.16. The van der Waals surface area contributed by atoms with E-state index in [1.54, 1.807) is 12.1 Å². The van der Waals surface area contributed by atoms with Crippen molar-refractivity contribution in [1.82, 2.24) is 5.32 Å². The smallest absolute Gasteiger partial charge is 0.165 e. The van der Waals surface area contributed by atoms with E-state index in [-0.39, 0.29) is 5.82 Å². The van der Waals surface area contributed by atoms with Gasteiger partial charge in [-0.1, -0.05) is 13.0 Å². The van der Waals surface area contributed by atoms with Crippen molar-refractivity contribution in [3.63, 3.8) is 0 Å². The Morgan fingerprint density at radius 3 is 2.76 bits per heavy atom. The number of benzene rings is 1. The molecular weight excluding hydrogens is 217 g/mol. The van der Waals surface area contributed by atoms with Crippen LogP contribution in [0, 0.1) is 11.7 Å². The van der Waals surface area contributed by atoms with E-state index >= 15 is 0 Å². The number of halogens is 1. The van der Waals surface area contributed by atoms with Gasteiger partial charge in [-0.2, -0.15) is 0 Å². The molecule has 2 nitrogen and oxygen atoms in total. The molecule has 1 aromatic carbocycles. The third kappa shape index (κ3) is 2.97. The second-order valence-corrected chi connectivity index (χ2v) is 4.66. The Bertz CT molecular complexity index is 376.